The lowest BCUT2D eigenvalue weighted by Crippen LogP contribution is -2.18. The van der Waals surface area contributed by atoms with Crippen LogP contribution in [0.15, 0.2) is 0 Å². The van der Waals surface area contributed by atoms with Gasteiger partial charge in [-0.3, -0.25) is 0 Å². The molecule has 0 saturated heterocycles. The minimum atomic E-state index is 1.07. The third-order valence-electron chi connectivity index (χ3n) is 6.68. The summed E-state index contributed by atoms with van der Waals surface area (Å²) in [5, 5.41) is 0. The van der Waals surface area contributed by atoms with Gasteiger partial charge < -0.3 is 0 Å². The molecule has 0 amide bonds. The summed E-state index contributed by atoms with van der Waals surface area (Å²) >= 11 is 0. The fourth-order valence-corrected chi connectivity index (χ4v) is 5.01. The van der Waals surface area contributed by atoms with Crippen LogP contribution in [0.3, 0.4) is 0 Å². The van der Waals surface area contributed by atoms with Crippen molar-refractivity contribution in [3.63, 3.8) is 0 Å². The molecule has 0 aromatic carbocycles. The van der Waals surface area contributed by atoms with Gasteiger partial charge in [-0.05, 0) is 0 Å². The molecule has 2 aliphatic carbocycles. The van der Waals surface area contributed by atoms with Crippen molar-refractivity contribution in [1.29, 1.82) is 0 Å². The van der Waals surface area contributed by atoms with E-state index >= 15 is 0 Å². The molecule has 2 fully saturated rings. The van der Waals surface area contributed by atoms with Gasteiger partial charge in [-0.1, -0.05) is 134 Å². The minimum Gasteiger partial charge on any atom is -0.0733 e. The summed E-state index contributed by atoms with van der Waals surface area (Å²) < 4.78 is 0. The maximum absolute atomic E-state index is 1.56. The van der Waals surface area contributed by atoms with Crippen LogP contribution < -0.4 is 0 Å². The van der Waals surface area contributed by atoms with E-state index in [4.69, 9.17) is 0 Å². The third kappa shape index (κ3) is 9.88. The van der Waals surface area contributed by atoms with Crippen LogP contribution >= 0.6 is 0 Å². The number of hydrogen-bond donors (Lipinski definition) is 0. The van der Waals surface area contributed by atoms with Crippen molar-refractivity contribution in [3.8, 4) is 0 Å². The first-order chi connectivity index (χ1) is 11.4. The molecule has 0 nitrogen and oxygen atoms in total. The van der Waals surface area contributed by atoms with Crippen molar-refractivity contribution < 1.29 is 0 Å². The molecular weight excluding hydrogens is 274 g/mol. The first-order valence-corrected chi connectivity index (χ1v) is 11.4. The van der Waals surface area contributed by atoms with Crippen LogP contribution in [0.2, 0.25) is 11.6 Å². The highest BCUT2D eigenvalue weighted by molar-refractivity contribution is 7.01. The van der Waals surface area contributed by atoms with Gasteiger partial charge in [0.1, 0.15) is 0 Å². The molecule has 0 N–H and O–H groups in total. The average molecular weight is 316 g/mol. The van der Waals surface area contributed by atoms with E-state index < -0.39 is 0 Å². The zero-order chi connectivity index (χ0) is 16.0. The molecule has 0 spiro atoms. The molecule has 2 rings (SSSR count). The van der Waals surface area contributed by atoms with Gasteiger partial charge in [0.2, 0.25) is 0 Å². The van der Waals surface area contributed by atoms with Gasteiger partial charge in [0.05, 0.1) is 14.3 Å². The fourth-order valence-electron chi connectivity index (χ4n) is 5.01. The van der Waals surface area contributed by atoms with Gasteiger partial charge in [0, 0.05) is 0 Å². The summed E-state index contributed by atoms with van der Waals surface area (Å²) in [7, 11) is 3.12. The van der Waals surface area contributed by atoms with Gasteiger partial charge >= 0.3 is 0 Å². The first-order valence-electron chi connectivity index (χ1n) is 11.4. The summed E-state index contributed by atoms with van der Waals surface area (Å²) in [5.74, 6) is 2.15. The smallest absolute Gasteiger partial charge is 0.0733 e. The van der Waals surface area contributed by atoms with Crippen molar-refractivity contribution in [1.82, 2.24) is 0 Å². The Morgan fingerprint density at radius 2 is 0.522 bits per heavy atom. The van der Waals surface area contributed by atoms with Gasteiger partial charge in [-0.2, -0.15) is 0 Å². The second-order valence-electron chi connectivity index (χ2n) is 8.77. The van der Waals surface area contributed by atoms with E-state index in [0.717, 1.165) is 11.6 Å². The van der Waals surface area contributed by atoms with Crippen LogP contribution in [0.4, 0.5) is 0 Å². The Bertz CT molecular complexity index is 245. The van der Waals surface area contributed by atoms with E-state index in [-0.39, 0.29) is 0 Å². The van der Waals surface area contributed by atoms with Gasteiger partial charge in [0.15, 0.2) is 0 Å². The molecular formula is C21H42B2. The van der Waals surface area contributed by atoms with Gasteiger partial charge in [-0.15, -0.1) is 0 Å². The van der Waals surface area contributed by atoms with Crippen LogP contribution in [0, 0.1) is 0 Å². The lowest BCUT2D eigenvalue weighted by molar-refractivity contribution is 0.503. The quantitative estimate of drug-likeness (QED) is 0.503. The zero-order valence-corrected chi connectivity index (χ0v) is 16.0. The molecule has 132 valence electrons. The number of hydrogen-bond acceptors (Lipinski definition) is 0. The molecule has 2 aliphatic rings. The molecule has 0 heterocycles. The van der Waals surface area contributed by atoms with Crippen LogP contribution in [-0.2, 0) is 0 Å². The lowest BCUT2D eigenvalue weighted by atomic mass is 9.28. The van der Waals surface area contributed by atoms with Crippen molar-refractivity contribution >= 4 is 14.3 Å². The highest BCUT2D eigenvalue weighted by Gasteiger charge is 2.17. The Morgan fingerprint density at radius 3 is 0.783 bits per heavy atom. The Hall–Kier alpha value is 0.130. The lowest BCUT2D eigenvalue weighted by Gasteiger charge is -2.21. The molecule has 2 heteroatoms. The molecule has 0 radical (unpaired) electrons. The average Bonchev–Trinajstić information content (AvgIpc) is 2.64. The molecule has 0 atom stereocenters. The second kappa shape index (κ2) is 13.4. The van der Waals surface area contributed by atoms with Crippen LogP contribution in [0.5, 0.6) is 0 Å². The monoisotopic (exact) mass is 316 g/mol. The van der Waals surface area contributed by atoms with E-state index in [0.29, 0.717) is 0 Å². The molecule has 2 saturated carbocycles. The Balaban J connectivity index is 1.68. The molecule has 0 aromatic heterocycles. The summed E-state index contributed by atoms with van der Waals surface area (Å²) in [6.07, 6.45) is 28.9. The van der Waals surface area contributed by atoms with E-state index in [2.05, 4.69) is 0 Å². The Morgan fingerprint density at radius 1 is 0.304 bits per heavy atom. The van der Waals surface area contributed by atoms with Crippen molar-refractivity contribution in [3.05, 3.63) is 0 Å². The van der Waals surface area contributed by atoms with Crippen LogP contribution in [0.1, 0.15) is 122 Å². The fraction of sp³-hybridized carbons (Fsp3) is 1.00. The van der Waals surface area contributed by atoms with Crippen LogP contribution in [0.25, 0.3) is 0 Å². The maximum atomic E-state index is 1.56. The predicted molar refractivity (Wildman–Crippen MR) is 110 cm³/mol. The predicted octanol–water partition coefficient (Wildman–Crippen LogP) is 6.79. The molecule has 0 bridgehead atoms. The van der Waals surface area contributed by atoms with Crippen LogP contribution in [-0.4, -0.2) is 14.3 Å². The van der Waals surface area contributed by atoms with E-state index in [1.54, 1.807) is 40.0 Å². The SMILES string of the molecule is B(BC1CCCCCCCCC1)C1CCCCCCCCCC1. The Labute approximate surface area is 148 Å². The normalized spacial score (nSPS) is 25.2. The maximum Gasteiger partial charge on any atom is 0.0908 e. The summed E-state index contributed by atoms with van der Waals surface area (Å²) in [6, 6.07) is 0. The van der Waals surface area contributed by atoms with Gasteiger partial charge in [0.25, 0.3) is 0 Å². The molecule has 0 unspecified atom stereocenters. The summed E-state index contributed by atoms with van der Waals surface area (Å²) in [4.78, 5) is 0. The Kier molecular flexibility index (Phi) is 11.4. The van der Waals surface area contributed by atoms with Crippen molar-refractivity contribution in [2.75, 3.05) is 0 Å². The first kappa shape index (κ1) is 19.5. The highest BCUT2D eigenvalue weighted by Crippen LogP contribution is 2.28. The standard InChI is InChI=1S/C21H42B2/c1-2-5-9-13-17-20(16-12-8-4-1)22-23-21-18-14-10-6-3-7-11-15-19-21/h20-23H,1-19H2. The summed E-state index contributed by atoms with van der Waals surface area (Å²) in [5.41, 5.74) is 0. The third-order valence-corrected chi connectivity index (χ3v) is 6.68. The van der Waals surface area contributed by atoms with Gasteiger partial charge in [-0.25, -0.2) is 0 Å². The van der Waals surface area contributed by atoms with E-state index in [1.165, 1.54) is 96.3 Å². The molecule has 0 aromatic rings. The topological polar surface area (TPSA) is 0 Å². The largest absolute Gasteiger partial charge is 0.0908 e. The van der Waals surface area contributed by atoms with E-state index in [9.17, 15) is 0 Å². The zero-order valence-electron chi connectivity index (χ0n) is 16.0. The molecule has 0 aliphatic heterocycles. The number of rotatable bonds is 3. The second-order valence-corrected chi connectivity index (χ2v) is 8.77. The van der Waals surface area contributed by atoms with Crippen molar-refractivity contribution in [2.45, 2.75) is 134 Å². The highest BCUT2D eigenvalue weighted by atomic mass is 14.1. The van der Waals surface area contributed by atoms with Crippen molar-refractivity contribution in [2.24, 2.45) is 0 Å². The van der Waals surface area contributed by atoms with E-state index in [1.807, 2.05) is 0 Å². The molecule has 23 heavy (non-hydrogen) atoms. The summed E-state index contributed by atoms with van der Waals surface area (Å²) in [6.45, 7) is 0. The minimum absolute atomic E-state index is 1.07.